The molecule has 1 aliphatic rings. The van der Waals surface area contributed by atoms with Gasteiger partial charge < -0.3 is 10.2 Å². The Labute approximate surface area is 103 Å². The van der Waals surface area contributed by atoms with Gasteiger partial charge in [-0.2, -0.15) is 0 Å². The highest BCUT2D eigenvalue weighted by atomic mass is 16.2. The standard InChI is InChI=1S/C12H23N3O2/c1-9(2)13-11(16)7-14-5-6-15(10(3)4)12(17)8-14/h9-10H,5-8H2,1-4H3,(H,13,16). The highest BCUT2D eigenvalue weighted by Crippen LogP contribution is 2.06. The van der Waals surface area contributed by atoms with E-state index in [-0.39, 0.29) is 23.9 Å². The largest absolute Gasteiger partial charge is 0.353 e. The Morgan fingerprint density at radius 3 is 2.41 bits per heavy atom. The second kappa shape index (κ2) is 6.00. The number of carbonyl (C=O) groups excluding carboxylic acids is 2. The van der Waals surface area contributed by atoms with Gasteiger partial charge in [0.15, 0.2) is 0 Å². The lowest BCUT2D eigenvalue weighted by molar-refractivity contribution is -0.138. The number of hydrogen-bond donors (Lipinski definition) is 1. The molecule has 0 aromatic carbocycles. The molecule has 1 aliphatic heterocycles. The molecule has 98 valence electrons. The van der Waals surface area contributed by atoms with Crippen LogP contribution in [-0.2, 0) is 9.59 Å². The van der Waals surface area contributed by atoms with Crippen LogP contribution in [0.25, 0.3) is 0 Å². The fourth-order valence-electron chi connectivity index (χ4n) is 1.99. The normalized spacial score (nSPS) is 18.0. The maximum absolute atomic E-state index is 11.8. The average Bonchev–Trinajstić information content (AvgIpc) is 2.15. The number of rotatable bonds is 4. The van der Waals surface area contributed by atoms with Crippen molar-refractivity contribution in [2.24, 2.45) is 0 Å². The van der Waals surface area contributed by atoms with E-state index >= 15 is 0 Å². The highest BCUT2D eigenvalue weighted by molar-refractivity contribution is 5.82. The summed E-state index contributed by atoms with van der Waals surface area (Å²) in [6.07, 6.45) is 0. The van der Waals surface area contributed by atoms with E-state index in [4.69, 9.17) is 0 Å². The molecular formula is C12H23N3O2. The fraction of sp³-hybridized carbons (Fsp3) is 0.833. The maximum atomic E-state index is 11.8. The molecule has 17 heavy (non-hydrogen) atoms. The molecule has 1 N–H and O–H groups in total. The molecule has 0 aromatic rings. The fourth-order valence-corrected chi connectivity index (χ4v) is 1.99. The van der Waals surface area contributed by atoms with Crippen molar-refractivity contribution < 1.29 is 9.59 Å². The summed E-state index contributed by atoms with van der Waals surface area (Å²) in [5, 5.41) is 2.83. The van der Waals surface area contributed by atoms with Gasteiger partial charge in [0.05, 0.1) is 13.1 Å². The molecular weight excluding hydrogens is 218 g/mol. The Morgan fingerprint density at radius 2 is 1.94 bits per heavy atom. The summed E-state index contributed by atoms with van der Waals surface area (Å²) >= 11 is 0. The van der Waals surface area contributed by atoms with Crippen molar-refractivity contribution in [1.29, 1.82) is 0 Å². The zero-order valence-corrected chi connectivity index (χ0v) is 11.2. The van der Waals surface area contributed by atoms with Gasteiger partial charge in [0.25, 0.3) is 0 Å². The first-order valence-electron chi connectivity index (χ1n) is 6.21. The SMILES string of the molecule is CC(C)NC(=O)CN1CCN(C(C)C)C(=O)C1. The van der Waals surface area contributed by atoms with Gasteiger partial charge >= 0.3 is 0 Å². The predicted octanol–water partition coefficient (Wildman–Crippen LogP) is 0.0636. The van der Waals surface area contributed by atoms with E-state index in [9.17, 15) is 9.59 Å². The summed E-state index contributed by atoms with van der Waals surface area (Å²) in [5.41, 5.74) is 0. The second-order valence-corrected chi connectivity index (χ2v) is 5.11. The van der Waals surface area contributed by atoms with Crippen molar-refractivity contribution in [3.8, 4) is 0 Å². The summed E-state index contributed by atoms with van der Waals surface area (Å²) < 4.78 is 0. The first-order chi connectivity index (χ1) is 7.90. The highest BCUT2D eigenvalue weighted by Gasteiger charge is 2.26. The minimum Gasteiger partial charge on any atom is -0.353 e. The Balaban J connectivity index is 2.40. The van der Waals surface area contributed by atoms with Gasteiger partial charge in [-0.05, 0) is 27.7 Å². The lowest BCUT2D eigenvalue weighted by Gasteiger charge is -2.36. The van der Waals surface area contributed by atoms with Gasteiger partial charge in [-0.15, -0.1) is 0 Å². The van der Waals surface area contributed by atoms with E-state index in [1.165, 1.54) is 0 Å². The molecule has 0 saturated carbocycles. The molecule has 1 saturated heterocycles. The van der Waals surface area contributed by atoms with Gasteiger partial charge in [-0.25, -0.2) is 0 Å². The summed E-state index contributed by atoms with van der Waals surface area (Å²) in [6.45, 7) is 10.0. The van der Waals surface area contributed by atoms with Crippen LogP contribution in [0.3, 0.4) is 0 Å². The topological polar surface area (TPSA) is 52.7 Å². The van der Waals surface area contributed by atoms with Crippen LogP contribution in [0, 0.1) is 0 Å². The van der Waals surface area contributed by atoms with Crippen molar-refractivity contribution in [1.82, 2.24) is 15.1 Å². The van der Waals surface area contributed by atoms with Crippen LogP contribution in [0.5, 0.6) is 0 Å². The van der Waals surface area contributed by atoms with E-state index in [0.29, 0.717) is 19.6 Å². The van der Waals surface area contributed by atoms with E-state index in [2.05, 4.69) is 5.32 Å². The molecule has 5 nitrogen and oxygen atoms in total. The van der Waals surface area contributed by atoms with Crippen LogP contribution in [0.4, 0.5) is 0 Å². The van der Waals surface area contributed by atoms with Crippen LogP contribution >= 0.6 is 0 Å². The number of nitrogens with zero attached hydrogens (tertiary/aromatic N) is 2. The summed E-state index contributed by atoms with van der Waals surface area (Å²) in [6, 6.07) is 0.393. The second-order valence-electron chi connectivity index (χ2n) is 5.11. The molecule has 0 spiro atoms. The van der Waals surface area contributed by atoms with Gasteiger partial charge in [-0.3, -0.25) is 14.5 Å². The molecule has 5 heteroatoms. The quantitative estimate of drug-likeness (QED) is 0.757. The van der Waals surface area contributed by atoms with Crippen LogP contribution in [0.1, 0.15) is 27.7 Å². The Kier molecular flexibility index (Phi) is 4.93. The molecule has 0 atom stereocenters. The van der Waals surface area contributed by atoms with Crippen LogP contribution < -0.4 is 5.32 Å². The van der Waals surface area contributed by atoms with Crippen molar-refractivity contribution in [3.63, 3.8) is 0 Å². The summed E-state index contributed by atoms with van der Waals surface area (Å²) in [4.78, 5) is 27.1. The van der Waals surface area contributed by atoms with E-state index in [1.807, 2.05) is 37.5 Å². The lowest BCUT2D eigenvalue weighted by Crippen LogP contribution is -2.54. The number of nitrogens with one attached hydrogen (secondary N) is 1. The third kappa shape index (κ3) is 4.34. The number of hydrogen-bond acceptors (Lipinski definition) is 3. The summed E-state index contributed by atoms with van der Waals surface area (Å²) in [5.74, 6) is 0.106. The van der Waals surface area contributed by atoms with Crippen molar-refractivity contribution in [2.45, 2.75) is 39.8 Å². The molecule has 0 unspecified atom stereocenters. The monoisotopic (exact) mass is 241 g/mol. The van der Waals surface area contributed by atoms with E-state index in [1.54, 1.807) is 0 Å². The van der Waals surface area contributed by atoms with Crippen LogP contribution in [0.15, 0.2) is 0 Å². The van der Waals surface area contributed by atoms with Gasteiger partial charge in [-0.1, -0.05) is 0 Å². The molecule has 1 fully saturated rings. The predicted molar refractivity (Wildman–Crippen MR) is 66.6 cm³/mol. The average molecular weight is 241 g/mol. The Morgan fingerprint density at radius 1 is 1.29 bits per heavy atom. The van der Waals surface area contributed by atoms with Crippen LogP contribution in [0.2, 0.25) is 0 Å². The first-order valence-corrected chi connectivity index (χ1v) is 6.21. The van der Waals surface area contributed by atoms with Gasteiger partial charge in [0.2, 0.25) is 11.8 Å². The smallest absolute Gasteiger partial charge is 0.237 e. The van der Waals surface area contributed by atoms with E-state index in [0.717, 1.165) is 6.54 Å². The van der Waals surface area contributed by atoms with Gasteiger partial charge in [0, 0.05) is 25.2 Å². The minimum atomic E-state index is -0.00852. The molecule has 1 rings (SSSR count). The molecule has 0 radical (unpaired) electrons. The molecule has 0 aromatic heterocycles. The summed E-state index contributed by atoms with van der Waals surface area (Å²) in [7, 11) is 0. The van der Waals surface area contributed by atoms with Crippen molar-refractivity contribution >= 4 is 11.8 Å². The zero-order chi connectivity index (χ0) is 13.0. The van der Waals surface area contributed by atoms with Crippen LogP contribution in [-0.4, -0.2) is 59.9 Å². The van der Waals surface area contributed by atoms with Gasteiger partial charge in [0.1, 0.15) is 0 Å². The Bertz CT molecular complexity index is 287. The first kappa shape index (κ1) is 14.0. The third-order valence-corrected chi connectivity index (χ3v) is 2.78. The van der Waals surface area contributed by atoms with Crippen molar-refractivity contribution in [2.75, 3.05) is 26.2 Å². The number of carbonyl (C=O) groups is 2. The van der Waals surface area contributed by atoms with Crippen molar-refractivity contribution in [3.05, 3.63) is 0 Å². The maximum Gasteiger partial charge on any atom is 0.237 e. The number of amides is 2. The zero-order valence-electron chi connectivity index (χ0n) is 11.2. The molecule has 0 bridgehead atoms. The lowest BCUT2D eigenvalue weighted by atomic mass is 10.2. The molecule has 0 aliphatic carbocycles. The molecule has 1 heterocycles. The third-order valence-electron chi connectivity index (χ3n) is 2.78. The number of piperazine rings is 1. The van der Waals surface area contributed by atoms with E-state index < -0.39 is 0 Å². The minimum absolute atomic E-state index is 0.00852. The Hall–Kier alpha value is -1.10. The molecule has 2 amide bonds.